The Morgan fingerprint density at radius 1 is 1.23 bits per heavy atom. The number of hydrogen-bond donors (Lipinski definition) is 0. The summed E-state index contributed by atoms with van der Waals surface area (Å²) in [6, 6.07) is 14.1. The number of aryl methyl sites for hydroxylation is 1. The first-order valence-corrected chi connectivity index (χ1v) is 9.71. The average molecular weight is 431 g/mol. The maximum absolute atomic E-state index is 12.2. The van der Waals surface area contributed by atoms with Gasteiger partial charge in [0.2, 0.25) is 0 Å². The molecule has 0 aliphatic carbocycles. The molecule has 1 fully saturated rings. The number of ether oxygens (including phenoxy) is 1. The second kappa shape index (κ2) is 8.10. The number of carbonyl (C=O) groups excluding carboxylic acids is 1. The highest BCUT2D eigenvalue weighted by molar-refractivity contribution is 9.10. The zero-order valence-electron chi connectivity index (χ0n) is 14.8. The van der Waals surface area contributed by atoms with E-state index in [-0.39, 0.29) is 5.91 Å². The Morgan fingerprint density at radius 2 is 1.96 bits per heavy atom. The number of aliphatic imine (C=N–C) groups is 1. The van der Waals surface area contributed by atoms with E-state index in [9.17, 15) is 4.79 Å². The third-order valence-corrected chi connectivity index (χ3v) is 5.73. The highest BCUT2D eigenvalue weighted by atomic mass is 79.9. The van der Waals surface area contributed by atoms with Crippen LogP contribution < -0.4 is 4.74 Å². The van der Waals surface area contributed by atoms with Crippen molar-refractivity contribution in [2.24, 2.45) is 4.99 Å². The molecule has 6 heteroatoms. The number of benzene rings is 2. The molecule has 0 unspecified atom stereocenters. The molecule has 1 heterocycles. The molecule has 2 aromatic carbocycles. The minimum absolute atomic E-state index is 0.0357. The first-order chi connectivity index (χ1) is 12.5. The van der Waals surface area contributed by atoms with E-state index >= 15 is 0 Å². The fourth-order valence-corrected chi connectivity index (χ4v) is 3.91. The fraction of sp³-hybridized carbons (Fsp3) is 0.200. The Kier molecular flexibility index (Phi) is 5.84. The Labute approximate surface area is 166 Å². The van der Waals surface area contributed by atoms with Gasteiger partial charge in [0.05, 0.1) is 9.38 Å². The van der Waals surface area contributed by atoms with Crippen molar-refractivity contribution in [1.29, 1.82) is 0 Å². The topological polar surface area (TPSA) is 41.9 Å². The average Bonchev–Trinajstić information content (AvgIpc) is 2.90. The number of rotatable bonds is 4. The summed E-state index contributed by atoms with van der Waals surface area (Å²) in [5, 5.41) is 0.707. The van der Waals surface area contributed by atoms with Crippen LogP contribution >= 0.6 is 27.7 Å². The lowest BCUT2D eigenvalue weighted by Crippen LogP contribution is -2.23. The number of thioether (sulfide) groups is 1. The van der Waals surface area contributed by atoms with Crippen LogP contribution in [-0.4, -0.2) is 30.1 Å². The van der Waals surface area contributed by atoms with Crippen LogP contribution in [0.15, 0.2) is 56.8 Å². The lowest BCUT2D eigenvalue weighted by Gasteiger charge is -2.09. The van der Waals surface area contributed by atoms with Gasteiger partial charge in [-0.3, -0.25) is 14.7 Å². The third-order valence-electron chi connectivity index (χ3n) is 3.96. The molecule has 134 valence electrons. The largest absolute Gasteiger partial charge is 0.488 e. The molecule has 26 heavy (non-hydrogen) atoms. The van der Waals surface area contributed by atoms with Crippen molar-refractivity contribution in [3.63, 3.8) is 0 Å². The minimum atomic E-state index is -0.0357. The van der Waals surface area contributed by atoms with Gasteiger partial charge >= 0.3 is 0 Å². The highest BCUT2D eigenvalue weighted by Crippen LogP contribution is 2.33. The van der Waals surface area contributed by atoms with E-state index in [2.05, 4.69) is 52.1 Å². The number of carbonyl (C=O) groups is 1. The summed E-state index contributed by atoms with van der Waals surface area (Å²) in [5.74, 6) is 0.734. The van der Waals surface area contributed by atoms with Crippen molar-refractivity contribution >= 4 is 44.8 Å². The van der Waals surface area contributed by atoms with Crippen molar-refractivity contribution in [1.82, 2.24) is 4.90 Å². The molecule has 0 N–H and O–H groups in total. The first kappa shape index (κ1) is 18.7. The van der Waals surface area contributed by atoms with Crippen molar-refractivity contribution in [2.45, 2.75) is 13.5 Å². The summed E-state index contributed by atoms with van der Waals surface area (Å²) >= 11 is 4.94. The quantitative estimate of drug-likeness (QED) is 0.649. The summed E-state index contributed by atoms with van der Waals surface area (Å²) in [4.78, 5) is 18.6. The summed E-state index contributed by atoms with van der Waals surface area (Å²) in [6.07, 6.45) is 1.87. The Balaban J connectivity index is 1.72. The summed E-state index contributed by atoms with van der Waals surface area (Å²) in [5.41, 5.74) is 3.28. The Bertz CT molecular complexity index is 891. The zero-order valence-corrected chi connectivity index (χ0v) is 17.2. The summed E-state index contributed by atoms with van der Waals surface area (Å²) in [6.45, 7) is 2.57. The zero-order chi connectivity index (χ0) is 18.7. The van der Waals surface area contributed by atoms with Crippen LogP contribution in [0.25, 0.3) is 6.08 Å². The van der Waals surface area contributed by atoms with Gasteiger partial charge in [-0.15, -0.1) is 0 Å². The minimum Gasteiger partial charge on any atom is -0.488 e. The second-order valence-corrected chi connectivity index (χ2v) is 7.81. The second-order valence-electron chi connectivity index (χ2n) is 5.95. The number of hydrogen-bond acceptors (Lipinski definition) is 4. The van der Waals surface area contributed by atoms with Crippen LogP contribution in [-0.2, 0) is 11.4 Å². The Morgan fingerprint density at radius 3 is 2.58 bits per heavy atom. The van der Waals surface area contributed by atoms with Crippen molar-refractivity contribution in [3.05, 3.63) is 68.5 Å². The molecule has 1 saturated heterocycles. The number of amides is 1. The smallest absolute Gasteiger partial charge is 0.266 e. The van der Waals surface area contributed by atoms with E-state index in [4.69, 9.17) is 4.74 Å². The number of nitrogens with zero attached hydrogens (tertiary/aromatic N) is 2. The first-order valence-electron chi connectivity index (χ1n) is 8.10. The highest BCUT2D eigenvalue weighted by Gasteiger charge is 2.29. The molecule has 0 atom stereocenters. The maximum Gasteiger partial charge on any atom is 0.266 e. The van der Waals surface area contributed by atoms with Gasteiger partial charge in [-0.25, -0.2) is 0 Å². The molecule has 1 aliphatic rings. The summed E-state index contributed by atoms with van der Waals surface area (Å²) in [7, 11) is 3.42. The number of halogens is 1. The molecule has 0 bridgehead atoms. The molecule has 0 aromatic heterocycles. The lowest BCUT2D eigenvalue weighted by molar-refractivity contribution is -0.121. The van der Waals surface area contributed by atoms with Gasteiger partial charge in [0.15, 0.2) is 5.17 Å². The molecule has 2 aromatic rings. The molecule has 0 saturated carbocycles. The standard InChI is InChI=1S/C20H19BrN2O2S/c1-13-4-6-14(7-5-13)12-25-17-9-8-15(10-16(17)21)11-18-19(24)23(3)20(22-2)26-18/h4-11H,12H2,1-3H3/b18-11+,22-20?. The normalized spacial score (nSPS) is 17.4. The van der Waals surface area contributed by atoms with E-state index in [1.54, 1.807) is 19.0 Å². The van der Waals surface area contributed by atoms with E-state index in [1.165, 1.54) is 17.3 Å². The summed E-state index contributed by atoms with van der Waals surface area (Å²) < 4.78 is 6.75. The van der Waals surface area contributed by atoms with Crippen molar-refractivity contribution in [3.8, 4) is 5.75 Å². The van der Waals surface area contributed by atoms with Crippen molar-refractivity contribution in [2.75, 3.05) is 14.1 Å². The molecule has 1 amide bonds. The van der Waals surface area contributed by atoms with E-state index in [0.717, 1.165) is 21.3 Å². The van der Waals surface area contributed by atoms with E-state index in [1.807, 2.05) is 24.3 Å². The molecule has 0 radical (unpaired) electrons. The van der Waals surface area contributed by atoms with Crippen LogP contribution in [0.1, 0.15) is 16.7 Å². The molecule has 1 aliphatic heterocycles. The monoisotopic (exact) mass is 430 g/mol. The van der Waals surface area contributed by atoms with Crippen LogP contribution in [0.4, 0.5) is 0 Å². The Hall–Kier alpha value is -2.05. The van der Waals surface area contributed by atoms with Gasteiger partial charge in [0, 0.05) is 14.1 Å². The van der Waals surface area contributed by atoms with Crippen LogP contribution in [0, 0.1) is 6.92 Å². The van der Waals surface area contributed by atoms with E-state index < -0.39 is 0 Å². The van der Waals surface area contributed by atoms with Gasteiger partial charge < -0.3 is 4.74 Å². The number of likely N-dealkylation sites (N-methyl/N-ethyl adjacent to an activating group) is 1. The van der Waals surface area contributed by atoms with Crippen LogP contribution in [0.3, 0.4) is 0 Å². The lowest BCUT2D eigenvalue weighted by atomic mass is 10.1. The van der Waals surface area contributed by atoms with Gasteiger partial charge in [-0.05, 0) is 64.0 Å². The van der Waals surface area contributed by atoms with Gasteiger partial charge in [-0.1, -0.05) is 35.9 Å². The molecular weight excluding hydrogens is 412 g/mol. The van der Waals surface area contributed by atoms with Gasteiger partial charge in [0.25, 0.3) is 5.91 Å². The third kappa shape index (κ3) is 4.19. The molecule has 3 rings (SSSR count). The molecule has 4 nitrogen and oxygen atoms in total. The van der Waals surface area contributed by atoms with Gasteiger partial charge in [-0.2, -0.15) is 0 Å². The number of amidine groups is 1. The predicted octanol–water partition coefficient (Wildman–Crippen LogP) is 4.87. The maximum atomic E-state index is 12.2. The van der Waals surface area contributed by atoms with Crippen LogP contribution in [0.5, 0.6) is 5.75 Å². The van der Waals surface area contributed by atoms with Crippen LogP contribution in [0.2, 0.25) is 0 Å². The SMILES string of the molecule is CN=C1S/C(=C/c2ccc(OCc3ccc(C)cc3)c(Br)c2)C(=O)N1C. The predicted molar refractivity (Wildman–Crippen MR) is 111 cm³/mol. The fourth-order valence-electron chi connectivity index (χ4n) is 2.47. The molecule has 0 spiro atoms. The van der Waals surface area contributed by atoms with Gasteiger partial charge in [0.1, 0.15) is 12.4 Å². The molecular formula is C20H19BrN2O2S. The van der Waals surface area contributed by atoms with E-state index in [0.29, 0.717) is 16.7 Å². The van der Waals surface area contributed by atoms with Crippen molar-refractivity contribution < 1.29 is 9.53 Å².